The van der Waals surface area contributed by atoms with Crippen molar-refractivity contribution in [2.75, 3.05) is 0 Å². The second-order valence-corrected chi connectivity index (χ2v) is 6.04. The molecule has 0 spiro atoms. The number of alkyl halides is 1. The van der Waals surface area contributed by atoms with Gasteiger partial charge in [0.05, 0.1) is 22.8 Å². The van der Waals surface area contributed by atoms with E-state index in [0.29, 0.717) is 16.7 Å². The average Bonchev–Trinajstić information content (AvgIpc) is 3.04. The van der Waals surface area contributed by atoms with E-state index < -0.39 is 0 Å². The van der Waals surface area contributed by atoms with E-state index in [1.165, 1.54) is 0 Å². The molecule has 1 unspecified atom stereocenters. The van der Waals surface area contributed by atoms with Crippen molar-refractivity contribution in [1.82, 2.24) is 9.55 Å². The zero-order chi connectivity index (χ0) is 14.8. The second-order valence-electron chi connectivity index (χ2n) is 4.79. The Labute approximate surface area is 131 Å². The van der Waals surface area contributed by atoms with Gasteiger partial charge in [0.1, 0.15) is 5.82 Å². The van der Waals surface area contributed by atoms with Crippen molar-refractivity contribution in [3.05, 3.63) is 62.8 Å². The zero-order valence-electron chi connectivity index (χ0n) is 11.6. The normalized spacial score (nSPS) is 12.7. The number of hydrogen-bond acceptors (Lipinski definition) is 3. The van der Waals surface area contributed by atoms with Crippen LogP contribution in [0, 0.1) is 0 Å². The fraction of sp³-hybridized carbons (Fsp3) is 0.250. The van der Waals surface area contributed by atoms with Gasteiger partial charge in [-0.1, -0.05) is 25.1 Å². The summed E-state index contributed by atoms with van der Waals surface area (Å²) in [6.07, 6.45) is 0.824. The predicted molar refractivity (Wildman–Crippen MR) is 88.3 cm³/mol. The first-order valence-electron chi connectivity index (χ1n) is 6.85. The Kier molecular flexibility index (Phi) is 4.08. The highest BCUT2D eigenvalue weighted by molar-refractivity contribution is 7.10. The number of benzene rings is 1. The number of fused-ring (bicyclic) bond motifs is 1. The molecular weight excluding hydrogens is 304 g/mol. The Balaban J connectivity index is 2.30. The van der Waals surface area contributed by atoms with Gasteiger partial charge in [0.25, 0.3) is 5.56 Å². The number of para-hydroxylation sites is 1. The third-order valence-electron chi connectivity index (χ3n) is 3.57. The van der Waals surface area contributed by atoms with Crippen LogP contribution in [0.2, 0.25) is 0 Å². The lowest BCUT2D eigenvalue weighted by Crippen LogP contribution is -2.29. The number of nitrogens with zero attached hydrogens (tertiary/aromatic N) is 2. The Morgan fingerprint density at radius 1 is 1.29 bits per heavy atom. The molecule has 108 valence electrons. The van der Waals surface area contributed by atoms with Crippen LogP contribution < -0.4 is 5.56 Å². The van der Waals surface area contributed by atoms with Gasteiger partial charge in [0, 0.05) is 4.88 Å². The lowest BCUT2D eigenvalue weighted by molar-refractivity contribution is 0.534. The van der Waals surface area contributed by atoms with Gasteiger partial charge in [0.15, 0.2) is 0 Å². The van der Waals surface area contributed by atoms with E-state index in [9.17, 15) is 4.79 Å². The van der Waals surface area contributed by atoms with E-state index in [0.717, 1.165) is 11.3 Å². The third kappa shape index (κ3) is 2.49. The molecule has 0 N–H and O–H groups in total. The highest BCUT2D eigenvalue weighted by Gasteiger charge is 2.19. The summed E-state index contributed by atoms with van der Waals surface area (Å²) in [7, 11) is 0. The van der Waals surface area contributed by atoms with Crippen LogP contribution in [0.15, 0.2) is 46.6 Å². The molecule has 0 saturated carbocycles. The first-order valence-corrected chi connectivity index (χ1v) is 8.27. The molecule has 0 aliphatic carbocycles. The molecule has 3 nitrogen and oxygen atoms in total. The van der Waals surface area contributed by atoms with E-state index in [1.54, 1.807) is 15.9 Å². The summed E-state index contributed by atoms with van der Waals surface area (Å²) in [5.41, 5.74) is 0.687. The molecular formula is C16H15ClN2OS. The molecule has 0 aliphatic rings. The van der Waals surface area contributed by atoms with E-state index in [-0.39, 0.29) is 17.5 Å². The summed E-state index contributed by atoms with van der Waals surface area (Å²) in [6.45, 7) is 2.07. The molecule has 2 aromatic heterocycles. The molecule has 21 heavy (non-hydrogen) atoms. The summed E-state index contributed by atoms with van der Waals surface area (Å²) in [5, 5.41) is 2.67. The van der Waals surface area contributed by atoms with Crippen molar-refractivity contribution in [2.24, 2.45) is 0 Å². The van der Waals surface area contributed by atoms with Gasteiger partial charge in [-0.25, -0.2) is 4.98 Å². The monoisotopic (exact) mass is 318 g/mol. The maximum atomic E-state index is 12.9. The van der Waals surface area contributed by atoms with Crippen LogP contribution in [-0.2, 0) is 5.88 Å². The number of thiophene rings is 1. The molecule has 1 atom stereocenters. The Hall–Kier alpha value is -1.65. The molecule has 0 radical (unpaired) electrons. The highest BCUT2D eigenvalue weighted by atomic mass is 35.5. The van der Waals surface area contributed by atoms with Gasteiger partial charge in [-0.15, -0.1) is 22.9 Å². The number of rotatable bonds is 4. The SMILES string of the molecule is CCC(c1cccs1)n1c(CCl)nc2ccccc2c1=O. The molecule has 0 fully saturated rings. The molecule has 0 amide bonds. The maximum absolute atomic E-state index is 12.9. The van der Waals surface area contributed by atoms with Gasteiger partial charge < -0.3 is 0 Å². The van der Waals surface area contributed by atoms with Crippen LogP contribution in [0.4, 0.5) is 0 Å². The van der Waals surface area contributed by atoms with Gasteiger partial charge in [-0.3, -0.25) is 9.36 Å². The molecule has 3 aromatic rings. The zero-order valence-corrected chi connectivity index (χ0v) is 13.2. The van der Waals surface area contributed by atoms with Crippen LogP contribution in [0.5, 0.6) is 0 Å². The Morgan fingerprint density at radius 3 is 2.76 bits per heavy atom. The topological polar surface area (TPSA) is 34.9 Å². The number of hydrogen-bond donors (Lipinski definition) is 0. The molecule has 0 bridgehead atoms. The maximum Gasteiger partial charge on any atom is 0.262 e. The molecule has 0 saturated heterocycles. The molecule has 1 aromatic carbocycles. The lowest BCUT2D eigenvalue weighted by atomic mass is 10.1. The second kappa shape index (κ2) is 6.00. The quantitative estimate of drug-likeness (QED) is 0.676. The van der Waals surface area contributed by atoms with Crippen LogP contribution in [0.25, 0.3) is 10.9 Å². The van der Waals surface area contributed by atoms with E-state index in [2.05, 4.69) is 18.0 Å². The van der Waals surface area contributed by atoms with Crippen LogP contribution in [0.1, 0.15) is 30.1 Å². The van der Waals surface area contributed by atoms with Crippen molar-refractivity contribution in [1.29, 1.82) is 0 Å². The van der Waals surface area contributed by atoms with Crippen molar-refractivity contribution in [2.45, 2.75) is 25.3 Å². The third-order valence-corrected chi connectivity index (χ3v) is 4.78. The summed E-state index contributed by atoms with van der Waals surface area (Å²) >= 11 is 7.70. The van der Waals surface area contributed by atoms with E-state index >= 15 is 0 Å². The summed E-state index contributed by atoms with van der Waals surface area (Å²) in [4.78, 5) is 18.6. The average molecular weight is 319 g/mol. The number of halogens is 1. The van der Waals surface area contributed by atoms with Crippen LogP contribution >= 0.6 is 22.9 Å². The minimum atomic E-state index is -0.0171. The minimum absolute atomic E-state index is 0.0108. The molecule has 0 aliphatic heterocycles. The van der Waals surface area contributed by atoms with Crippen LogP contribution in [-0.4, -0.2) is 9.55 Å². The fourth-order valence-electron chi connectivity index (χ4n) is 2.60. The minimum Gasteiger partial charge on any atom is -0.287 e. The van der Waals surface area contributed by atoms with Crippen molar-refractivity contribution in [3.8, 4) is 0 Å². The summed E-state index contributed by atoms with van der Waals surface area (Å²) < 4.78 is 1.75. The fourth-order valence-corrected chi connectivity index (χ4v) is 3.69. The highest BCUT2D eigenvalue weighted by Crippen LogP contribution is 2.27. The van der Waals surface area contributed by atoms with E-state index in [1.807, 2.05) is 35.7 Å². The van der Waals surface area contributed by atoms with Gasteiger partial charge in [-0.05, 0) is 30.0 Å². The van der Waals surface area contributed by atoms with Crippen molar-refractivity contribution < 1.29 is 0 Å². The standard InChI is InChI=1S/C16H15ClN2OS/c1-2-13(14-8-5-9-21-14)19-15(10-17)18-12-7-4-3-6-11(12)16(19)20/h3-9,13H,2,10H2,1H3. The summed E-state index contributed by atoms with van der Waals surface area (Å²) in [5.74, 6) is 0.850. The molecule has 2 heterocycles. The molecule has 3 rings (SSSR count). The largest absolute Gasteiger partial charge is 0.287 e. The van der Waals surface area contributed by atoms with Crippen molar-refractivity contribution in [3.63, 3.8) is 0 Å². The number of aromatic nitrogens is 2. The Bertz CT molecular complexity index is 811. The smallest absolute Gasteiger partial charge is 0.262 e. The Morgan fingerprint density at radius 2 is 2.10 bits per heavy atom. The first kappa shape index (κ1) is 14.3. The summed E-state index contributed by atoms with van der Waals surface area (Å²) in [6, 6.07) is 11.5. The first-order chi connectivity index (χ1) is 10.3. The van der Waals surface area contributed by atoms with Gasteiger partial charge >= 0.3 is 0 Å². The lowest BCUT2D eigenvalue weighted by Gasteiger charge is -2.20. The molecule has 5 heteroatoms. The van der Waals surface area contributed by atoms with Crippen molar-refractivity contribution >= 4 is 33.8 Å². The van der Waals surface area contributed by atoms with E-state index in [4.69, 9.17) is 11.6 Å². The van der Waals surface area contributed by atoms with Gasteiger partial charge in [0.2, 0.25) is 0 Å². The predicted octanol–water partition coefficient (Wildman–Crippen LogP) is 4.20. The van der Waals surface area contributed by atoms with Crippen LogP contribution in [0.3, 0.4) is 0 Å². The van der Waals surface area contributed by atoms with Gasteiger partial charge in [-0.2, -0.15) is 0 Å².